The number of benzene rings is 2. The number of likely N-dealkylation sites (tertiary alicyclic amines) is 1. The maximum atomic E-state index is 13.8. The van der Waals surface area contributed by atoms with Gasteiger partial charge < -0.3 is 19.7 Å². The minimum absolute atomic E-state index is 0.0366. The summed E-state index contributed by atoms with van der Waals surface area (Å²) < 4.78 is 2.02. The summed E-state index contributed by atoms with van der Waals surface area (Å²) in [5, 5.41) is 2.93. The lowest BCUT2D eigenvalue weighted by molar-refractivity contribution is -0.115. The molecule has 1 aromatic heterocycles. The molecule has 0 radical (unpaired) electrons. The molecule has 0 bridgehead atoms. The number of aromatic nitrogens is 2. The molecule has 7 heteroatoms. The number of aryl methyl sites for hydroxylation is 1. The molecule has 1 unspecified atom stereocenters. The highest BCUT2D eigenvalue weighted by molar-refractivity contribution is 6.07. The lowest BCUT2D eigenvalue weighted by atomic mass is 9.97. The Bertz CT molecular complexity index is 1190. The van der Waals surface area contributed by atoms with Crippen molar-refractivity contribution in [3.05, 3.63) is 59.4 Å². The third-order valence-corrected chi connectivity index (χ3v) is 7.03. The number of hydrogen-bond acceptors (Lipinski definition) is 4. The molecular formula is C28H37N5O2. The number of nitrogens with zero attached hydrogens (tertiary/aromatic N) is 4. The number of nitrogens with one attached hydrogen (secondary N) is 1. The summed E-state index contributed by atoms with van der Waals surface area (Å²) in [6, 6.07) is 13.9. The largest absolute Gasteiger partial charge is 0.341 e. The number of imidazole rings is 1. The fourth-order valence-corrected chi connectivity index (χ4v) is 5.08. The van der Waals surface area contributed by atoms with Gasteiger partial charge in [0, 0.05) is 45.7 Å². The minimum Gasteiger partial charge on any atom is -0.341 e. The predicted octanol–water partition coefficient (Wildman–Crippen LogP) is 4.32. The highest BCUT2D eigenvalue weighted by Crippen LogP contribution is 2.27. The molecule has 0 saturated carbocycles. The van der Waals surface area contributed by atoms with Crippen molar-refractivity contribution in [2.45, 2.75) is 39.5 Å². The Labute approximate surface area is 208 Å². The SMILES string of the molecule is CCC(=O)Nc1cc(C(=O)N(C)CC2CCCN(CC)C2)c2c(c1)nc(Cc1ccccc1)n2C. The predicted molar refractivity (Wildman–Crippen MR) is 141 cm³/mol. The van der Waals surface area contributed by atoms with Crippen LogP contribution < -0.4 is 5.32 Å². The van der Waals surface area contributed by atoms with Crippen molar-refractivity contribution in [1.29, 1.82) is 0 Å². The van der Waals surface area contributed by atoms with Crippen molar-refractivity contribution < 1.29 is 9.59 Å². The number of carbonyl (C=O) groups is 2. The van der Waals surface area contributed by atoms with E-state index in [-0.39, 0.29) is 11.8 Å². The van der Waals surface area contributed by atoms with Gasteiger partial charge in [0.1, 0.15) is 5.82 Å². The van der Waals surface area contributed by atoms with Crippen molar-refractivity contribution in [3.8, 4) is 0 Å². The van der Waals surface area contributed by atoms with Crippen LogP contribution in [0.3, 0.4) is 0 Å². The molecular weight excluding hydrogens is 438 g/mol. The van der Waals surface area contributed by atoms with E-state index in [1.54, 1.807) is 0 Å². The fraction of sp³-hybridized carbons (Fsp3) is 0.464. The third kappa shape index (κ3) is 5.73. The molecule has 1 fully saturated rings. The van der Waals surface area contributed by atoms with Crippen LogP contribution in [0, 0.1) is 5.92 Å². The van der Waals surface area contributed by atoms with Crippen LogP contribution in [0.1, 0.15) is 54.9 Å². The van der Waals surface area contributed by atoms with Crippen LogP contribution in [0.25, 0.3) is 11.0 Å². The molecule has 35 heavy (non-hydrogen) atoms. The van der Waals surface area contributed by atoms with E-state index in [2.05, 4.69) is 29.3 Å². The van der Waals surface area contributed by atoms with Crippen LogP contribution in [0.4, 0.5) is 5.69 Å². The number of hydrogen-bond donors (Lipinski definition) is 1. The molecule has 1 aliphatic rings. The molecule has 2 amide bonds. The topological polar surface area (TPSA) is 70.5 Å². The zero-order valence-corrected chi connectivity index (χ0v) is 21.4. The second-order valence-corrected chi connectivity index (χ2v) is 9.63. The zero-order chi connectivity index (χ0) is 24.9. The van der Waals surface area contributed by atoms with Gasteiger partial charge in [-0.15, -0.1) is 0 Å². The van der Waals surface area contributed by atoms with Crippen molar-refractivity contribution in [1.82, 2.24) is 19.4 Å². The molecule has 0 aliphatic carbocycles. The molecule has 1 atom stereocenters. The summed E-state index contributed by atoms with van der Waals surface area (Å²) in [5.74, 6) is 1.23. The van der Waals surface area contributed by atoms with Gasteiger partial charge in [0.25, 0.3) is 5.91 Å². The highest BCUT2D eigenvalue weighted by atomic mass is 16.2. The summed E-state index contributed by atoms with van der Waals surface area (Å²) >= 11 is 0. The Morgan fingerprint density at radius 1 is 1.17 bits per heavy atom. The first-order valence-corrected chi connectivity index (χ1v) is 12.7. The van der Waals surface area contributed by atoms with Gasteiger partial charge in [0.05, 0.1) is 16.6 Å². The van der Waals surface area contributed by atoms with Crippen LogP contribution in [0.5, 0.6) is 0 Å². The van der Waals surface area contributed by atoms with Gasteiger partial charge in [0.2, 0.25) is 5.91 Å². The van der Waals surface area contributed by atoms with E-state index in [4.69, 9.17) is 4.98 Å². The van der Waals surface area contributed by atoms with Crippen LogP contribution >= 0.6 is 0 Å². The van der Waals surface area contributed by atoms with E-state index >= 15 is 0 Å². The van der Waals surface area contributed by atoms with Gasteiger partial charge in [-0.05, 0) is 49.5 Å². The van der Waals surface area contributed by atoms with E-state index in [0.717, 1.165) is 55.0 Å². The van der Waals surface area contributed by atoms with Crippen molar-refractivity contribution >= 4 is 28.5 Å². The second kappa shape index (κ2) is 11.0. The molecule has 1 N–H and O–H groups in total. The van der Waals surface area contributed by atoms with Crippen LogP contribution in [-0.4, -0.2) is 64.4 Å². The Balaban J connectivity index is 1.68. The smallest absolute Gasteiger partial charge is 0.255 e. The molecule has 4 rings (SSSR count). The zero-order valence-electron chi connectivity index (χ0n) is 21.4. The summed E-state index contributed by atoms with van der Waals surface area (Å²) in [4.78, 5) is 35.1. The van der Waals surface area contributed by atoms with Gasteiger partial charge in [-0.25, -0.2) is 4.98 Å². The highest BCUT2D eigenvalue weighted by Gasteiger charge is 2.25. The van der Waals surface area contributed by atoms with Crippen molar-refractivity contribution in [2.75, 3.05) is 38.5 Å². The average molecular weight is 476 g/mol. The molecule has 1 saturated heterocycles. The summed E-state index contributed by atoms with van der Waals surface area (Å²) in [5.41, 5.74) is 3.88. The van der Waals surface area contributed by atoms with Crippen LogP contribution in [-0.2, 0) is 18.3 Å². The molecule has 3 aromatic rings. The van der Waals surface area contributed by atoms with Crippen molar-refractivity contribution in [3.63, 3.8) is 0 Å². The lowest BCUT2D eigenvalue weighted by Crippen LogP contribution is -2.41. The van der Waals surface area contributed by atoms with Crippen LogP contribution in [0.2, 0.25) is 0 Å². The first-order valence-electron chi connectivity index (χ1n) is 12.7. The molecule has 2 aromatic carbocycles. The van der Waals surface area contributed by atoms with Crippen molar-refractivity contribution in [2.24, 2.45) is 13.0 Å². The number of anilines is 1. The molecule has 2 heterocycles. The minimum atomic E-state index is -0.0848. The van der Waals surface area contributed by atoms with E-state index in [0.29, 0.717) is 30.0 Å². The fourth-order valence-electron chi connectivity index (χ4n) is 5.08. The average Bonchev–Trinajstić information content (AvgIpc) is 3.18. The van der Waals surface area contributed by atoms with Gasteiger partial charge in [-0.2, -0.15) is 0 Å². The number of carbonyl (C=O) groups excluding carboxylic acids is 2. The van der Waals surface area contributed by atoms with E-state index in [9.17, 15) is 9.59 Å². The Hall–Kier alpha value is -3.19. The normalized spacial score (nSPS) is 16.4. The van der Waals surface area contributed by atoms with Gasteiger partial charge in [-0.1, -0.05) is 44.2 Å². The van der Waals surface area contributed by atoms with E-state index in [1.165, 1.54) is 6.42 Å². The molecule has 186 valence electrons. The first kappa shape index (κ1) is 24.9. The molecule has 1 aliphatic heterocycles. The lowest BCUT2D eigenvalue weighted by Gasteiger charge is -2.34. The van der Waals surface area contributed by atoms with Gasteiger partial charge >= 0.3 is 0 Å². The molecule has 0 spiro atoms. The maximum absolute atomic E-state index is 13.8. The number of rotatable bonds is 8. The summed E-state index contributed by atoms with van der Waals surface area (Å²) in [6.07, 6.45) is 3.36. The van der Waals surface area contributed by atoms with E-state index in [1.807, 2.05) is 60.8 Å². The molecule has 7 nitrogen and oxygen atoms in total. The third-order valence-electron chi connectivity index (χ3n) is 7.03. The van der Waals surface area contributed by atoms with Crippen LogP contribution in [0.15, 0.2) is 42.5 Å². The standard InChI is InChI=1S/C28H37N5O2/c1-5-26(34)29-22-16-23(28(35)31(3)18-21-13-10-14-33(6-2)19-21)27-24(17-22)30-25(32(27)4)15-20-11-8-7-9-12-20/h7-9,11-12,16-17,21H,5-6,10,13-15,18-19H2,1-4H3,(H,29,34). The quantitative estimate of drug-likeness (QED) is 0.527. The Kier molecular flexibility index (Phi) is 7.86. The Morgan fingerprint density at radius 2 is 1.94 bits per heavy atom. The van der Waals surface area contributed by atoms with Gasteiger partial charge in [-0.3, -0.25) is 9.59 Å². The maximum Gasteiger partial charge on any atom is 0.255 e. The summed E-state index contributed by atoms with van der Waals surface area (Å²) in [7, 11) is 3.85. The monoisotopic (exact) mass is 475 g/mol. The number of piperidine rings is 1. The Morgan fingerprint density at radius 3 is 2.66 bits per heavy atom. The van der Waals surface area contributed by atoms with Gasteiger partial charge in [0.15, 0.2) is 0 Å². The number of fused-ring (bicyclic) bond motifs is 1. The summed E-state index contributed by atoms with van der Waals surface area (Å²) in [6.45, 7) is 7.95. The first-order chi connectivity index (χ1) is 16.9. The number of amides is 2. The second-order valence-electron chi connectivity index (χ2n) is 9.63. The van der Waals surface area contributed by atoms with E-state index < -0.39 is 0 Å².